The highest BCUT2D eigenvalue weighted by Crippen LogP contribution is 2.23. The number of carbonyl (C=O) groups excluding carboxylic acids is 1. The number of methoxy groups -OCH3 is 1. The summed E-state index contributed by atoms with van der Waals surface area (Å²) < 4.78 is 6.36. The number of hydrogen-bond donors (Lipinski definition) is 2. The minimum absolute atomic E-state index is 0.0339. The number of ether oxygens (including phenoxy) is 1. The van der Waals surface area contributed by atoms with E-state index in [-0.39, 0.29) is 42.2 Å². The zero-order chi connectivity index (χ0) is 21.6. The largest absolute Gasteiger partial charge is 0.383 e. The zero-order valence-corrected chi connectivity index (χ0v) is 18.2. The Hall–Kier alpha value is -2.23. The predicted molar refractivity (Wildman–Crippen MR) is 117 cm³/mol. The Morgan fingerprint density at radius 1 is 1.31 bits per heavy atom. The number of thioether (sulfide) groups is 1. The minimum Gasteiger partial charge on any atom is -0.383 e. The van der Waals surface area contributed by atoms with Crippen molar-refractivity contribution in [3.8, 4) is 0 Å². The average Bonchev–Trinajstić information content (AvgIpc) is 2.66. The number of aromatic amines is 1. The quantitative estimate of drug-likeness (QED) is 0.578. The van der Waals surface area contributed by atoms with E-state index in [0.29, 0.717) is 11.6 Å². The van der Waals surface area contributed by atoms with Gasteiger partial charge in [-0.2, -0.15) is 0 Å². The second-order valence-electron chi connectivity index (χ2n) is 6.78. The van der Waals surface area contributed by atoms with Crippen LogP contribution in [0.5, 0.6) is 0 Å². The van der Waals surface area contributed by atoms with Gasteiger partial charge in [0.25, 0.3) is 5.56 Å². The fourth-order valence-corrected chi connectivity index (χ4v) is 3.58. The number of nitrogen functional groups attached to an aromatic ring is 1. The average molecular weight is 441 g/mol. The van der Waals surface area contributed by atoms with E-state index in [4.69, 9.17) is 22.1 Å². The summed E-state index contributed by atoms with van der Waals surface area (Å²) in [6, 6.07) is 7.09. The van der Waals surface area contributed by atoms with Crippen LogP contribution < -0.4 is 21.9 Å². The summed E-state index contributed by atoms with van der Waals surface area (Å²) in [6.07, 6.45) is 0. The van der Waals surface area contributed by atoms with E-state index in [1.165, 1.54) is 28.3 Å². The molecule has 0 radical (unpaired) electrons. The number of H-pyrrole nitrogens is 1. The van der Waals surface area contributed by atoms with Gasteiger partial charge in [-0.25, -0.2) is 4.79 Å². The van der Waals surface area contributed by atoms with Crippen molar-refractivity contribution in [3.05, 3.63) is 50.1 Å². The number of amides is 1. The van der Waals surface area contributed by atoms with E-state index in [9.17, 15) is 14.4 Å². The maximum atomic E-state index is 12.9. The molecule has 0 spiro atoms. The molecule has 1 aromatic heterocycles. The van der Waals surface area contributed by atoms with Gasteiger partial charge in [0.05, 0.1) is 12.4 Å². The Labute approximate surface area is 178 Å². The maximum Gasteiger partial charge on any atom is 0.330 e. The molecular formula is C19H25ClN4O4S. The van der Waals surface area contributed by atoms with Crippen molar-refractivity contribution in [1.82, 2.24) is 9.55 Å². The SMILES string of the molecule is COCCN(C(=O)CSc1ccc(Cl)cc1)c1c(N)n(CC(C)C)c(=O)[nH]c1=O. The molecular weight excluding hydrogens is 416 g/mol. The van der Waals surface area contributed by atoms with E-state index in [0.717, 1.165) is 4.90 Å². The molecule has 0 unspecified atom stereocenters. The monoisotopic (exact) mass is 440 g/mol. The minimum atomic E-state index is -0.701. The fourth-order valence-electron chi connectivity index (χ4n) is 2.68. The van der Waals surface area contributed by atoms with Crippen LogP contribution >= 0.6 is 23.4 Å². The normalized spacial score (nSPS) is 11.1. The van der Waals surface area contributed by atoms with E-state index in [1.807, 2.05) is 26.0 Å². The van der Waals surface area contributed by atoms with Crippen molar-refractivity contribution >= 4 is 40.8 Å². The molecule has 1 heterocycles. The van der Waals surface area contributed by atoms with Gasteiger partial charge >= 0.3 is 5.69 Å². The lowest BCUT2D eigenvalue weighted by Gasteiger charge is -2.24. The number of hydrogen-bond acceptors (Lipinski definition) is 6. The Bertz CT molecular complexity index is 956. The van der Waals surface area contributed by atoms with Crippen molar-refractivity contribution in [2.45, 2.75) is 25.3 Å². The summed E-state index contributed by atoms with van der Waals surface area (Å²) in [4.78, 5) is 42.0. The summed E-state index contributed by atoms with van der Waals surface area (Å²) in [7, 11) is 1.50. The van der Waals surface area contributed by atoms with Crippen LogP contribution in [0.2, 0.25) is 5.02 Å². The molecule has 29 heavy (non-hydrogen) atoms. The fraction of sp³-hybridized carbons (Fsp3) is 0.421. The van der Waals surface area contributed by atoms with Crippen molar-refractivity contribution in [2.75, 3.05) is 36.6 Å². The van der Waals surface area contributed by atoms with Crippen molar-refractivity contribution in [2.24, 2.45) is 5.92 Å². The van der Waals surface area contributed by atoms with Gasteiger partial charge in [-0.3, -0.25) is 19.1 Å². The van der Waals surface area contributed by atoms with Gasteiger partial charge < -0.3 is 15.4 Å². The number of rotatable bonds is 9. The molecule has 0 aliphatic heterocycles. The van der Waals surface area contributed by atoms with Gasteiger partial charge in [0, 0.05) is 30.1 Å². The Morgan fingerprint density at radius 3 is 2.55 bits per heavy atom. The summed E-state index contributed by atoms with van der Waals surface area (Å²) in [5, 5.41) is 0.606. The molecule has 8 nitrogen and oxygen atoms in total. The molecule has 2 rings (SSSR count). The van der Waals surface area contributed by atoms with Crippen LogP contribution in [-0.2, 0) is 16.1 Å². The number of nitrogens with one attached hydrogen (secondary N) is 1. The summed E-state index contributed by atoms with van der Waals surface area (Å²) in [5.41, 5.74) is 4.82. The number of nitrogens with two attached hydrogens (primary N) is 1. The van der Waals surface area contributed by atoms with Crippen molar-refractivity contribution in [3.63, 3.8) is 0 Å². The van der Waals surface area contributed by atoms with Gasteiger partial charge in [-0.1, -0.05) is 25.4 Å². The molecule has 3 N–H and O–H groups in total. The number of nitrogens with zero attached hydrogens (tertiary/aromatic N) is 2. The number of benzene rings is 1. The van der Waals surface area contributed by atoms with Crippen LogP contribution in [0.4, 0.5) is 11.5 Å². The number of carbonyl (C=O) groups is 1. The van der Waals surface area contributed by atoms with Crippen molar-refractivity contribution < 1.29 is 9.53 Å². The second kappa shape index (κ2) is 10.5. The predicted octanol–water partition coefficient (Wildman–Crippen LogP) is 2.20. The molecule has 10 heteroatoms. The second-order valence-corrected chi connectivity index (χ2v) is 8.26. The third-order valence-corrected chi connectivity index (χ3v) is 5.28. The Balaban J connectivity index is 2.35. The lowest BCUT2D eigenvalue weighted by atomic mass is 10.2. The zero-order valence-electron chi connectivity index (χ0n) is 16.6. The molecule has 0 atom stereocenters. The van der Waals surface area contributed by atoms with Crippen molar-refractivity contribution in [1.29, 1.82) is 0 Å². The third kappa shape index (κ3) is 6.12. The van der Waals surface area contributed by atoms with E-state index in [2.05, 4.69) is 4.98 Å². The molecule has 0 saturated heterocycles. The van der Waals surface area contributed by atoms with Crippen LogP contribution in [0.1, 0.15) is 13.8 Å². The molecule has 0 saturated carbocycles. The first-order chi connectivity index (χ1) is 13.7. The first-order valence-corrected chi connectivity index (χ1v) is 10.4. The summed E-state index contributed by atoms with van der Waals surface area (Å²) in [5.74, 6) is -0.159. The molecule has 1 amide bonds. The first-order valence-electron chi connectivity index (χ1n) is 9.04. The van der Waals surface area contributed by atoms with Gasteiger partial charge in [0.2, 0.25) is 5.91 Å². The first kappa shape index (κ1) is 23.1. The number of aromatic nitrogens is 2. The molecule has 2 aromatic rings. The molecule has 0 aliphatic carbocycles. The van der Waals surface area contributed by atoms with Crippen LogP contribution in [0.3, 0.4) is 0 Å². The summed E-state index contributed by atoms with van der Waals surface area (Å²) >= 11 is 7.19. The van der Waals surface area contributed by atoms with Crippen LogP contribution in [0.15, 0.2) is 38.8 Å². The van der Waals surface area contributed by atoms with E-state index in [1.54, 1.807) is 12.1 Å². The number of anilines is 2. The maximum absolute atomic E-state index is 12.9. The van der Waals surface area contributed by atoms with Crippen LogP contribution in [-0.4, -0.2) is 41.5 Å². The number of halogens is 1. The van der Waals surface area contributed by atoms with Gasteiger partial charge in [-0.05, 0) is 30.2 Å². The molecule has 0 fully saturated rings. The van der Waals surface area contributed by atoms with Gasteiger partial charge in [0.1, 0.15) is 5.82 Å². The highest BCUT2D eigenvalue weighted by Gasteiger charge is 2.24. The molecule has 158 valence electrons. The van der Waals surface area contributed by atoms with Crippen LogP contribution in [0, 0.1) is 5.92 Å². The molecule has 0 bridgehead atoms. The van der Waals surface area contributed by atoms with E-state index >= 15 is 0 Å². The van der Waals surface area contributed by atoms with Crippen LogP contribution in [0.25, 0.3) is 0 Å². The van der Waals surface area contributed by atoms with Gasteiger partial charge in [-0.15, -0.1) is 11.8 Å². The highest BCUT2D eigenvalue weighted by atomic mass is 35.5. The molecule has 0 aliphatic rings. The lowest BCUT2D eigenvalue weighted by Crippen LogP contribution is -2.43. The van der Waals surface area contributed by atoms with E-state index < -0.39 is 11.2 Å². The molecule has 1 aromatic carbocycles. The standard InChI is InChI=1S/C19H25ClN4O4S/c1-12(2)10-24-17(21)16(18(26)22-19(24)27)23(8-9-28-3)15(25)11-29-14-6-4-13(20)5-7-14/h4-7,12H,8-11,21H2,1-3H3,(H,22,26,27). The Morgan fingerprint density at radius 2 is 1.97 bits per heavy atom. The highest BCUT2D eigenvalue weighted by molar-refractivity contribution is 8.00. The summed E-state index contributed by atoms with van der Waals surface area (Å²) in [6.45, 7) is 4.50. The smallest absolute Gasteiger partial charge is 0.330 e. The third-order valence-electron chi connectivity index (χ3n) is 4.03. The lowest BCUT2D eigenvalue weighted by molar-refractivity contribution is -0.116. The Kier molecular flexibility index (Phi) is 8.36. The van der Waals surface area contributed by atoms with Gasteiger partial charge in [0.15, 0.2) is 5.69 Å². The topological polar surface area (TPSA) is 110 Å².